The number of rotatable bonds is 10. The summed E-state index contributed by atoms with van der Waals surface area (Å²) in [6.45, 7) is 8.08. The average Bonchev–Trinajstić information content (AvgIpc) is 3.33. The molecule has 6 rings (SSSR count). The molecule has 0 bridgehead atoms. The lowest BCUT2D eigenvalue weighted by atomic mass is 10.1. The minimum atomic E-state index is -0.336. The number of aryl methyl sites for hydroxylation is 1. The number of ether oxygens (including phenoxy) is 1. The number of nitrogens with zero attached hydrogens (tertiary/aromatic N) is 6. The van der Waals surface area contributed by atoms with Gasteiger partial charge in [0.2, 0.25) is 5.89 Å². The first-order chi connectivity index (χ1) is 19.1. The Hall–Kier alpha value is -3.57. The van der Waals surface area contributed by atoms with Crippen LogP contribution in [0, 0.1) is 6.92 Å². The van der Waals surface area contributed by atoms with Gasteiger partial charge in [-0.3, -0.25) is 9.78 Å². The highest BCUT2D eigenvalue weighted by molar-refractivity contribution is 7.22. The lowest BCUT2D eigenvalue weighted by Crippen LogP contribution is -2.36. The highest BCUT2D eigenvalue weighted by Gasteiger charge is 2.37. The molecule has 0 spiro atoms. The Bertz CT molecular complexity index is 1460. The number of pyridine rings is 2. The molecule has 2 aliphatic heterocycles. The minimum absolute atomic E-state index is 0.214. The van der Waals surface area contributed by atoms with Crippen LogP contribution in [-0.4, -0.2) is 64.7 Å². The average molecular weight is 548 g/mol. The molecular weight excluding hydrogens is 514 g/mol. The number of hydrogen-bond acceptors (Lipinski definition) is 10. The fourth-order valence-corrected chi connectivity index (χ4v) is 5.91. The summed E-state index contributed by atoms with van der Waals surface area (Å²) >= 11 is 1.59. The van der Waals surface area contributed by atoms with Crippen molar-refractivity contribution in [2.24, 2.45) is 0 Å². The summed E-state index contributed by atoms with van der Waals surface area (Å²) in [5.74, 6) is 0.816. The Morgan fingerprint density at radius 3 is 2.85 bits per heavy atom. The van der Waals surface area contributed by atoms with Crippen molar-refractivity contribution in [2.45, 2.75) is 52.0 Å². The van der Waals surface area contributed by atoms with Crippen molar-refractivity contribution in [3.05, 3.63) is 42.0 Å². The molecule has 1 amide bonds. The van der Waals surface area contributed by atoms with Crippen molar-refractivity contribution in [2.75, 3.05) is 48.0 Å². The first kappa shape index (κ1) is 25.7. The molecule has 4 aromatic rings. The molecule has 39 heavy (non-hydrogen) atoms. The summed E-state index contributed by atoms with van der Waals surface area (Å²) in [6.07, 6.45) is 9.16. The van der Waals surface area contributed by atoms with Crippen molar-refractivity contribution < 1.29 is 13.9 Å². The van der Waals surface area contributed by atoms with Crippen LogP contribution < -0.4 is 15.1 Å². The van der Waals surface area contributed by atoms with E-state index in [1.807, 2.05) is 25.1 Å². The zero-order valence-electron chi connectivity index (χ0n) is 22.4. The highest BCUT2D eigenvalue weighted by Crippen LogP contribution is 2.39. The predicted molar refractivity (Wildman–Crippen MR) is 153 cm³/mol. The molecule has 0 radical (unpaired) electrons. The first-order valence-corrected chi connectivity index (χ1v) is 14.5. The first-order valence-electron chi connectivity index (χ1n) is 13.7. The molecule has 1 unspecified atom stereocenters. The van der Waals surface area contributed by atoms with Crippen molar-refractivity contribution in [3.63, 3.8) is 0 Å². The van der Waals surface area contributed by atoms with E-state index in [0.29, 0.717) is 36.5 Å². The van der Waals surface area contributed by atoms with E-state index < -0.39 is 0 Å². The summed E-state index contributed by atoms with van der Waals surface area (Å²) in [5, 5.41) is 4.01. The van der Waals surface area contributed by atoms with Gasteiger partial charge in [-0.15, -0.1) is 0 Å². The van der Waals surface area contributed by atoms with Gasteiger partial charge in [-0.05, 0) is 31.5 Å². The number of anilines is 3. The number of thiazole rings is 1. The molecule has 2 aliphatic rings. The van der Waals surface area contributed by atoms with Crippen molar-refractivity contribution in [1.82, 2.24) is 19.9 Å². The summed E-state index contributed by atoms with van der Waals surface area (Å²) in [5.41, 5.74) is 3.23. The third kappa shape index (κ3) is 5.74. The van der Waals surface area contributed by atoms with Gasteiger partial charge in [0.05, 0.1) is 23.6 Å². The Kier molecular flexibility index (Phi) is 7.43. The second kappa shape index (κ2) is 11.3. The lowest BCUT2D eigenvalue weighted by Gasteiger charge is -2.25. The van der Waals surface area contributed by atoms with E-state index in [9.17, 15) is 4.79 Å². The van der Waals surface area contributed by atoms with E-state index in [4.69, 9.17) is 19.1 Å². The van der Waals surface area contributed by atoms with Crippen molar-refractivity contribution in [1.29, 1.82) is 0 Å². The fourth-order valence-electron chi connectivity index (χ4n) is 4.91. The zero-order valence-corrected chi connectivity index (χ0v) is 23.2. The van der Waals surface area contributed by atoms with Crippen LogP contribution in [0.25, 0.3) is 21.8 Å². The summed E-state index contributed by atoms with van der Waals surface area (Å²) < 4.78 is 12.1. The van der Waals surface area contributed by atoms with E-state index in [0.717, 1.165) is 53.0 Å². The molecule has 2 fully saturated rings. The Morgan fingerprint density at radius 2 is 2.03 bits per heavy atom. The van der Waals surface area contributed by atoms with Gasteiger partial charge in [-0.1, -0.05) is 43.9 Å². The van der Waals surface area contributed by atoms with Crippen LogP contribution in [0.4, 0.5) is 16.6 Å². The van der Waals surface area contributed by atoms with Crippen LogP contribution in [0.15, 0.2) is 35.1 Å². The molecule has 11 heteroatoms. The number of nitrogens with one attached hydrogen (secondary N) is 1. The van der Waals surface area contributed by atoms with Gasteiger partial charge < -0.3 is 24.3 Å². The number of fused-ring (bicyclic) bond motifs is 1. The summed E-state index contributed by atoms with van der Waals surface area (Å²) in [6, 6.07) is 6.12. The molecule has 6 heterocycles. The van der Waals surface area contributed by atoms with Crippen molar-refractivity contribution in [3.8, 4) is 11.5 Å². The molecule has 0 aliphatic carbocycles. The second-order valence-corrected chi connectivity index (χ2v) is 11.1. The molecule has 0 saturated carbocycles. The number of carbonyl (C=O) groups excluding carboxylic acids is 1. The van der Waals surface area contributed by atoms with E-state index in [1.54, 1.807) is 17.5 Å². The van der Waals surface area contributed by atoms with E-state index in [2.05, 4.69) is 32.0 Å². The normalized spacial score (nSPS) is 17.1. The maximum atomic E-state index is 13.3. The third-order valence-electron chi connectivity index (χ3n) is 7.14. The van der Waals surface area contributed by atoms with Gasteiger partial charge in [0.15, 0.2) is 22.3 Å². The smallest absolute Gasteiger partial charge is 0.277 e. The molecule has 10 nitrogen and oxygen atoms in total. The van der Waals surface area contributed by atoms with E-state index in [-0.39, 0.29) is 11.6 Å². The molecule has 1 atom stereocenters. The molecule has 2 saturated heterocycles. The van der Waals surface area contributed by atoms with Crippen molar-refractivity contribution >= 4 is 44.2 Å². The summed E-state index contributed by atoms with van der Waals surface area (Å²) in [7, 11) is 0. The lowest BCUT2D eigenvalue weighted by molar-refractivity contribution is 0.102. The number of hydrogen-bond donors (Lipinski definition) is 1. The van der Waals surface area contributed by atoms with E-state index in [1.165, 1.54) is 31.9 Å². The monoisotopic (exact) mass is 547 g/mol. The Labute approximate surface area is 231 Å². The number of oxazole rings is 1. The molecular formula is C28H33N7O3S. The van der Waals surface area contributed by atoms with Gasteiger partial charge in [0, 0.05) is 43.1 Å². The Morgan fingerprint density at radius 1 is 1.15 bits per heavy atom. The van der Waals surface area contributed by atoms with Crippen LogP contribution in [0.3, 0.4) is 0 Å². The minimum Gasteiger partial charge on any atom is -0.444 e. The number of morpholine rings is 1. The largest absolute Gasteiger partial charge is 0.444 e. The van der Waals surface area contributed by atoms with Gasteiger partial charge in [0.1, 0.15) is 6.26 Å². The van der Waals surface area contributed by atoms with E-state index >= 15 is 0 Å². The molecule has 204 valence electrons. The van der Waals surface area contributed by atoms with Crippen LogP contribution in [-0.2, 0) is 4.74 Å². The molecule has 0 aromatic carbocycles. The highest BCUT2D eigenvalue weighted by atomic mass is 32.1. The van der Waals surface area contributed by atoms with Crippen LogP contribution in [0.1, 0.15) is 55.2 Å². The molecule has 1 N–H and O–H groups in total. The SMILES string of the molecule is CCCCCCC1CN1c1nc2nc(N3CCOCC3)sc2cc1NC(=O)c1coc(-c2ccnc(C)c2)n1. The van der Waals surface area contributed by atoms with Gasteiger partial charge in [-0.25, -0.2) is 9.97 Å². The number of unbranched alkanes of at least 4 members (excludes halogenated alkanes) is 3. The second-order valence-electron chi connectivity index (χ2n) is 10.1. The number of aromatic nitrogens is 4. The van der Waals surface area contributed by atoms with Gasteiger partial charge in [-0.2, -0.15) is 4.98 Å². The standard InChI is InChI=1S/C28H33N7O3S/c1-3-4-5-6-7-20-16-35(20)25-21(15-23-24(32-25)33-28(39-23)34-10-12-37-13-11-34)30-26(36)22-17-38-27(31-22)19-8-9-29-18(2)14-19/h8-9,14-15,17,20H,3-7,10-13,16H2,1-2H3,(H,30,36). The number of amides is 1. The van der Waals surface area contributed by atoms with Crippen LogP contribution in [0.2, 0.25) is 0 Å². The fraction of sp³-hybridized carbons (Fsp3) is 0.464. The Balaban J connectivity index is 1.26. The van der Waals surface area contributed by atoms with Gasteiger partial charge in [0.25, 0.3) is 5.91 Å². The third-order valence-corrected chi connectivity index (χ3v) is 8.19. The van der Waals surface area contributed by atoms with Crippen LogP contribution in [0.5, 0.6) is 0 Å². The quantitative estimate of drug-likeness (QED) is 0.209. The molecule has 4 aromatic heterocycles. The van der Waals surface area contributed by atoms with Crippen LogP contribution >= 0.6 is 11.3 Å². The van der Waals surface area contributed by atoms with Gasteiger partial charge >= 0.3 is 0 Å². The maximum Gasteiger partial charge on any atom is 0.277 e. The number of carbonyl (C=O) groups is 1. The topological polar surface area (TPSA) is 109 Å². The zero-order chi connectivity index (χ0) is 26.8. The summed E-state index contributed by atoms with van der Waals surface area (Å²) in [4.78, 5) is 36.3. The maximum absolute atomic E-state index is 13.3. The predicted octanol–water partition coefficient (Wildman–Crippen LogP) is 5.30.